The molecule has 19 nitrogen and oxygen atoms in total. The zero-order valence-electron chi connectivity index (χ0n) is 52.3. The molecule has 17 atom stereocenters. The van der Waals surface area contributed by atoms with Gasteiger partial charge in [0.25, 0.3) is 0 Å². The molecule has 3 aliphatic rings. The number of carbonyl (C=O) groups excluding carboxylic acids is 1. The Morgan fingerprint density at radius 1 is 0.424 bits per heavy atom. The van der Waals surface area contributed by atoms with Gasteiger partial charge in [-0.1, -0.05) is 224 Å². The Hall–Kier alpha value is -1.99. The SMILES string of the molecule is CCCCCCC/C=C\C/C=C\CCCCCCCCCCCC(=O)NC(COC1OC(CO)C(OC2OC(CO)C(OC3OC(CO)C(O)C(O)C3O)C(O)C2O)C(O)C1O)C(O)/C=C/CCCCCCCCCCCCCCCCCCC. The highest BCUT2D eigenvalue weighted by Gasteiger charge is 2.53. The molecule has 3 fully saturated rings. The van der Waals surface area contributed by atoms with Crippen molar-refractivity contribution in [1.29, 1.82) is 0 Å². The van der Waals surface area contributed by atoms with Gasteiger partial charge in [0.2, 0.25) is 5.91 Å². The molecule has 0 spiro atoms. The predicted molar refractivity (Wildman–Crippen MR) is 328 cm³/mol. The number of rotatable bonds is 51. The fraction of sp³-hybridized carbons (Fsp3) is 0.894. The van der Waals surface area contributed by atoms with Gasteiger partial charge in [0, 0.05) is 6.42 Å². The molecule has 0 aliphatic carbocycles. The van der Waals surface area contributed by atoms with Gasteiger partial charge in [0.05, 0.1) is 38.6 Å². The third-order valence-corrected chi connectivity index (χ3v) is 16.9. The molecule has 3 saturated heterocycles. The number of hydrogen-bond acceptors (Lipinski definition) is 18. The summed E-state index contributed by atoms with van der Waals surface area (Å²) in [4.78, 5) is 13.4. The fourth-order valence-corrected chi connectivity index (χ4v) is 11.4. The minimum Gasteiger partial charge on any atom is -0.394 e. The van der Waals surface area contributed by atoms with Crippen LogP contribution in [-0.4, -0.2) is 193 Å². The first-order valence-electron chi connectivity index (χ1n) is 33.7. The molecule has 0 bridgehead atoms. The lowest BCUT2D eigenvalue weighted by molar-refractivity contribution is -0.379. The largest absolute Gasteiger partial charge is 0.394 e. The zero-order valence-corrected chi connectivity index (χ0v) is 52.3. The molecule has 17 unspecified atom stereocenters. The summed E-state index contributed by atoms with van der Waals surface area (Å²) in [5.74, 6) is -0.279. The van der Waals surface area contributed by atoms with E-state index in [0.717, 1.165) is 64.2 Å². The third-order valence-electron chi connectivity index (χ3n) is 16.9. The Labute approximate surface area is 511 Å². The van der Waals surface area contributed by atoms with Crippen molar-refractivity contribution < 1.29 is 89.4 Å². The van der Waals surface area contributed by atoms with E-state index in [9.17, 15) is 61.0 Å². The normalized spacial score (nSPS) is 29.2. The van der Waals surface area contributed by atoms with Crippen molar-refractivity contribution in [2.75, 3.05) is 26.4 Å². The molecule has 0 saturated carbocycles. The Bertz CT molecular complexity index is 1690. The monoisotopic (exact) mass is 1220 g/mol. The lowest BCUT2D eigenvalue weighted by Gasteiger charge is -2.48. The second-order valence-electron chi connectivity index (χ2n) is 24.3. The van der Waals surface area contributed by atoms with Crippen LogP contribution in [0.1, 0.15) is 245 Å². The van der Waals surface area contributed by atoms with Crippen molar-refractivity contribution >= 4 is 5.91 Å². The molecule has 19 heteroatoms. The van der Waals surface area contributed by atoms with E-state index >= 15 is 0 Å². The summed E-state index contributed by atoms with van der Waals surface area (Å²) in [5.41, 5.74) is 0. The number of ether oxygens (including phenoxy) is 6. The molecule has 3 heterocycles. The molecule has 0 radical (unpaired) electrons. The first kappa shape index (κ1) is 77.3. The van der Waals surface area contributed by atoms with Crippen LogP contribution in [0.15, 0.2) is 36.5 Å². The lowest BCUT2D eigenvalue weighted by Crippen LogP contribution is -2.66. The van der Waals surface area contributed by atoms with Crippen LogP contribution in [0.25, 0.3) is 0 Å². The van der Waals surface area contributed by atoms with Crippen molar-refractivity contribution in [3.05, 3.63) is 36.5 Å². The number of hydrogen-bond donors (Lipinski definition) is 12. The first-order chi connectivity index (χ1) is 41.3. The third kappa shape index (κ3) is 31.5. The first-order valence-corrected chi connectivity index (χ1v) is 33.7. The molecule has 0 aromatic rings. The summed E-state index contributed by atoms with van der Waals surface area (Å²) in [7, 11) is 0. The number of nitrogens with one attached hydrogen (secondary N) is 1. The van der Waals surface area contributed by atoms with E-state index in [-0.39, 0.29) is 18.9 Å². The van der Waals surface area contributed by atoms with E-state index < -0.39 is 124 Å². The molecule has 0 aromatic heterocycles. The van der Waals surface area contributed by atoms with Gasteiger partial charge in [-0.3, -0.25) is 4.79 Å². The van der Waals surface area contributed by atoms with Gasteiger partial charge in [0.1, 0.15) is 73.2 Å². The topological polar surface area (TPSA) is 307 Å². The Morgan fingerprint density at radius 2 is 0.776 bits per heavy atom. The smallest absolute Gasteiger partial charge is 0.220 e. The van der Waals surface area contributed by atoms with E-state index in [0.29, 0.717) is 6.42 Å². The van der Waals surface area contributed by atoms with Crippen molar-refractivity contribution in [3.63, 3.8) is 0 Å². The van der Waals surface area contributed by atoms with Crippen molar-refractivity contribution in [2.45, 2.75) is 349 Å². The van der Waals surface area contributed by atoms with Crippen LogP contribution < -0.4 is 5.32 Å². The molecule has 1 amide bonds. The molecule has 498 valence electrons. The van der Waals surface area contributed by atoms with E-state index in [1.165, 1.54) is 154 Å². The minimum atomic E-state index is -1.98. The second kappa shape index (κ2) is 48.8. The van der Waals surface area contributed by atoms with E-state index in [2.05, 4.69) is 43.5 Å². The van der Waals surface area contributed by atoms with Crippen molar-refractivity contribution in [1.82, 2.24) is 5.32 Å². The van der Waals surface area contributed by atoms with Crippen LogP contribution >= 0.6 is 0 Å². The van der Waals surface area contributed by atoms with Crippen LogP contribution in [0, 0.1) is 0 Å². The van der Waals surface area contributed by atoms with Gasteiger partial charge >= 0.3 is 0 Å². The summed E-state index contributed by atoms with van der Waals surface area (Å²) < 4.78 is 34.3. The fourth-order valence-electron chi connectivity index (χ4n) is 11.4. The second-order valence-corrected chi connectivity index (χ2v) is 24.3. The number of allylic oxidation sites excluding steroid dienone is 5. The maximum Gasteiger partial charge on any atom is 0.220 e. The molecular weight excluding hydrogens is 1090 g/mol. The molecule has 3 rings (SSSR count). The predicted octanol–water partition coefficient (Wildman–Crippen LogP) is 8.05. The van der Waals surface area contributed by atoms with Crippen LogP contribution in [0.2, 0.25) is 0 Å². The lowest BCUT2D eigenvalue weighted by atomic mass is 9.96. The summed E-state index contributed by atoms with van der Waals surface area (Å²) in [6, 6.07) is -0.975. The number of unbranched alkanes of at least 4 members (excludes halogenated alkanes) is 31. The summed E-state index contributed by atoms with van der Waals surface area (Å²) >= 11 is 0. The van der Waals surface area contributed by atoms with Crippen LogP contribution in [0.4, 0.5) is 0 Å². The highest BCUT2D eigenvalue weighted by molar-refractivity contribution is 5.76. The van der Waals surface area contributed by atoms with Gasteiger partial charge < -0.3 is 89.9 Å². The summed E-state index contributed by atoms with van der Waals surface area (Å²) in [5, 5.41) is 120. The molecule has 12 N–H and O–H groups in total. The van der Waals surface area contributed by atoms with E-state index in [4.69, 9.17) is 28.4 Å². The van der Waals surface area contributed by atoms with Crippen LogP contribution in [0.3, 0.4) is 0 Å². The Morgan fingerprint density at radius 3 is 1.20 bits per heavy atom. The Kier molecular flexibility index (Phi) is 44.4. The highest BCUT2D eigenvalue weighted by Crippen LogP contribution is 2.33. The molecule has 3 aliphatic heterocycles. The quantitative estimate of drug-likeness (QED) is 0.0202. The maximum absolute atomic E-state index is 13.4. The number of aliphatic hydroxyl groups is 11. The van der Waals surface area contributed by atoms with Gasteiger partial charge in [0.15, 0.2) is 18.9 Å². The minimum absolute atomic E-state index is 0.239. The molecule has 85 heavy (non-hydrogen) atoms. The summed E-state index contributed by atoms with van der Waals surface area (Å²) in [6.45, 7) is 1.73. The van der Waals surface area contributed by atoms with Gasteiger partial charge in [-0.05, 0) is 51.4 Å². The zero-order chi connectivity index (χ0) is 61.9. The average Bonchev–Trinajstić information content (AvgIpc) is 3.10. The van der Waals surface area contributed by atoms with Crippen LogP contribution in [-0.2, 0) is 33.2 Å². The molecular formula is C66H121NO18. The van der Waals surface area contributed by atoms with E-state index in [1.54, 1.807) is 6.08 Å². The number of amides is 1. The van der Waals surface area contributed by atoms with Crippen molar-refractivity contribution in [2.24, 2.45) is 0 Å². The average molecular weight is 1220 g/mol. The highest BCUT2D eigenvalue weighted by atomic mass is 16.8. The van der Waals surface area contributed by atoms with Crippen LogP contribution in [0.5, 0.6) is 0 Å². The van der Waals surface area contributed by atoms with Gasteiger partial charge in [-0.25, -0.2) is 0 Å². The van der Waals surface area contributed by atoms with Crippen molar-refractivity contribution in [3.8, 4) is 0 Å². The summed E-state index contributed by atoms with van der Waals surface area (Å²) in [6.07, 6.45) is 28.2. The standard InChI is InChI=1S/C66H121NO18/c1-3-5-7-9-11-13-15-17-19-21-23-24-26-28-30-32-34-36-38-40-42-44-54(72)67-49(50(71)43-41-39-37-35-33-31-29-27-25-22-20-18-16-14-12-10-8-6-4-2)48-80-64-60(78)57(75)62(52(46-69)82-64)85-66-61(79)58(76)63(53(47-70)83-66)84-65-59(77)56(74)55(73)51(45-68)81-65/h15,17,21,23,41,43,49-53,55-66,68-71,73-79H,3-14,16,18-20,22,24-40,42,44-48H2,1-2H3,(H,67,72)/b17-15-,23-21-,43-41+. The number of aliphatic hydroxyl groups excluding tert-OH is 11. The Balaban J connectivity index is 1.47. The molecule has 0 aromatic carbocycles. The van der Waals surface area contributed by atoms with Gasteiger partial charge in [-0.15, -0.1) is 0 Å². The van der Waals surface area contributed by atoms with E-state index in [1.807, 2.05) is 6.08 Å². The van der Waals surface area contributed by atoms with Gasteiger partial charge in [-0.2, -0.15) is 0 Å². The maximum atomic E-state index is 13.4. The number of carbonyl (C=O) groups is 1.